The summed E-state index contributed by atoms with van der Waals surface area (Å²) in [7, 11) is 0. The third-order valence-electron chi connectivity index (χ3n) is 13.7. The lowest BCUT2D eigenvalue weighted by Crippen LogP contribution is -2.15. The Kier molecular flexibility index (Phi) is 10.1. The number of rotatable bonds is 7. The average Bonchev–Trinajstić information content (AvgIpc) is 3.62. The van der Waals surface area contributed by atoms with Crippen molar-refractivity contribution in [3.63, 3.8) is 0 Å². The van der Waals surface area contributed by atoms with Crippen molar-refractivity contribution in [2.45, 2.75) is 39.5 Å². The largest absolute Gasteiger partial charge is 0.309 e. The molecule has 9 aromatic carbocycles. The molecule has 0 aliphatic heterocycles. The van der Waals surface area contributed by atoms with Crippen molar-refractivity contribution < 1.29 is 0 Å². The Morgan fingerprint density at radius 3 is 1.58 bits per heavy atom. The van der Waals surface area contributed by atoms with Gasteiger partial charge >= 0.3 is 0 Å². The lowest BCUT2D eigenvalue weighted by molar-refractivity contribution is 0.660. The maximum atomic E-state index is 2.58. The molecule has 0 bridgehead atoms. The van der Waals surface area contributed by atoms with Crippen LogP contribution in [-0.4, -0.2) is 4.57 Å². The molecule has 1 aliphatic carbocycles. The van der Waals surface area contributed by atoms with E-state index in [1.165, 1.54) is 105 Å². The second kappa shape index (κ2) is 16.4. The molecule has 0 spiro atoms. The average molecular weight is 834 g/mol. The number of allylic oxidation sites excluding steroid dienone is 4. The smallest absolute Gasteiger partial charge is 0.0543 e. The third-order valence-corrected chi connectivity index (χ3v) is 13.7. The van der Waals surface area contributed by atoms with Crippen molar-refractivity contribution in [2.75, 3.05) is 0 Å². The van der Waals surface area contributed by atoms with E-state index in [-0.39, 0.29) is 5.41 Å². The minimum Gasteiger partial charge on any atom is -0.309 e. The van der Waals surface area contributed by atoms with Crippen LogP contribution in [0.2, 0.25) is 0 Å². The van der Waals surface area contributed by atoms with Gasteiger partial charge < -0.3 is 4.57 Å². The van der Waals surface area contributed by atoms with Crippen LogP contribution in [0.3, 0.4) is 0 Å². The van der Waals surface area contributed by atoms with E-state index in [4.69, 9.17) is 0 Å². The maximum absolute atomic E-state index is 2.58. The predicted molar refractivity (Wildman–Crippen MR) is 280 cm³/mol. The van der Waals surface area contributed by atoms with Crippen LogP contribution in [0.25, 0.3) is 99.1 Å². The highest BCUT2D eigenvalue weighted by Crippen LogP contribution is 2.51. The molecule has 1 aliphatic rings. The molecule has 0 saturated carbocycles. The number of hydrogen-bond donors (Lipinski definition) is 0. The molecule has 312 valence electrons. The lowest BCUT2D eigenvalue weighted by atomic mass is 9.82. The number of nitrogens with zero attached hydrogens (tertiary/aromatic N) is 1. The third kappa shape index (κ3) is 6.96. The Hall–Kier alpha value is -7.74. The van der Waals surface area contributed by atoms with Crippen LogP contribution in [-0.2, 0) is 5.41 Å². The van der Waals surface area contributed by atoms with Gasteiger partial charge in [-0.2, -0.15) is 0 Å². The molecule has 65 heavy (non-hydrogen) atoms. The molecule has 0 unspecified atom stereocenters. The first kappa shape index (κ1) is 40.1. The van der Waals surface area contributed by atoms with Crippen LogP contribution < -0.4 is 0 Å². The molecule has 10 aromatic rings. The highest BCUT2D eigenvalue weighted by atomic mass is 15.0. The monoisotopic (exact) mass is 833 g/mol. The van der Waals surface area contributed by atoms with Crippen LogP contribution in [0.4, 0.5) is 0 Å². The van der Waals surface area contributed by atoms with Crippen LogP contribution in [0, 0.1) is 0 Å². The van der Waals surface area contributed by atoms with Crippen LogP contribution in [0.5, 0.6) is 0 Å². The minimum atomic E-state index is -0.159. The molecular weight excluding hydrogens is 783 g/mol. The van der Waals surface area contributed by atoms with E-state index >= 15 is 0 Å². The van der Waals surface area contributed by atoms with Crippen molar-refractivity contribution in [3.8, 4) is 50.2 Å². The summed E-state index contributed by atoms with van der Waals surface area (Å²) in [4.78, 5) is 0. The molecule has 11 rings (SSSR count). The molecule has 0 fully saturated rings. The van der Waals surface area contributed by atoms with E-state index in [2.05, 4.69) is 257 Å². The maximum Gasteiger partial charge on any atom is 0.0543 e. The molecule has 0 saturated heterocycles. The molecule has 0 N–H and O–H groups in total. The highest BCUT2D eigenvalue weighted by Gasteiger charge is 2.37. The van der Waals surface area contributed by atoms with Gasteiger partial charge in [0.2, 0.25) is 0 Å². The van der Waals surface area contributed by atoms with Gasteiger partial charge in [-0.1, -0.05) is 203 Å². The van der Waals surface area contributed by atoms with E-state index in [0.717, 1.165) is 17.5 Å². The Balaban J connectivity index is 1.29. The van der Waals surface area contributed by atoms with Crippen molar-refractivity contribution in [1.82, 2.24) is 4.57 Å². The summed E-state index contributed by atoms with van der Waals surface area (Å²) < 4.78 is 2.58. The summed E-state index contributed by atoms with van der Waals surface area (Å²) in [6.07, 6.45) is 7.61. The van der Waals surface area contributed by atoms with Gasteiger partial charge in [-0.25, -0.2) is 0 Å². The van der Waals surface area contributed by atoms with Crippen molar-refractivity contribution in [1.29, 1.82) is 0 Å². The van der Waals surface area contributed by atoms with Crippen molar-refractivity contribution in [3.05, 3.63) is 241 Å². The number of aromatic nitrogens is 1. The number of benzene rings is 9. The fourth-order valence-corrected chi connectivity index (χ4v) is 10.4. The zero-order valence-corrected chi connectivity index (χ0v) is 37.5. The van der Waals surface area contributed by atoms with E-state index in [0.29, 0.717) is 0 Å². The zero-order valence-electron chi connectivity index (χ0n) is 37.5. The SMILES string of the molecule is CC/C=C\C=C(/C)c1cccc(-c2ccc3c(c2)c2ccccc2c2ccccc2c2cc(-c4cccc(-c5ccccc5)c4)ccc2n3-c2cccc3c2-c2ccccc2C3(C)C)c1. The summed E-state index contributed by atoms with van der Waals surface area (Å²) in [5.74, 6) is 0. The van der Waals surface area contributed by atoms with Gasteiger partial charge in [0.05, 0.1) is 16.7 Å². The van der Waals surface area contributed by atoms with Crippen LogP contribution in [0.1, 0.15) is 50.8 Å². The molecule has 1 heteroatoms. The number of fused-ring (bicyclic) bond motifs is 10. The van der Waals surface area contributed by atoms with Crippen LogP contribution >= 0.6 is 0 Å². The first-order chi connectivity index (χ1) is 31.9. The summed E-state index contributed by atoms with van der Waals surface area (Å²) in [5.41, 5.74) is 18.2. The van der Waals surface area contributed by atoms with E-state index < -0.39 is 0 Å². The minimum absolute atomic E-state index is 0.159. The normalized spacial score (nSPS) is 13.1. The second-order valence-electron chi connectivity index (χ2n) is 18.0. The molecule has 0 amide bonds. The lowest BCUT2D eigenvalue weighted by Gasteiger charge is -2.22. The molecule has 0 radical (unpaired) electrons. The fraction of sp³-hybridized carbons (Fsp3) is 0.0938. The summed E-state index contributed by atoms with van der Waals surface area (Å²) in [5, 5.41) is 7.21. The van der Waals surface area contributed by atoms with Crippen molar-refractivity contribution in [2.24, 2.45) is 0 Å². The molecule has 1 heterocycles. The Labute approximate surface area is 382 Å². The quantitative estimate of drug-likeness (QED) is 0.141. The van der Waals surface area contributed by atoms with Gasteiger partial charge in [-0.05, 0) is 139 Å². The Morgan fingerprint density at radius 2 is 0.938 bits per heavy atom. The Bertz CT molecular complexity index is 3610. The van der Waals surface area contributed by atoms with E-state index in [1.807, 2.05) is 0 Å². The molecule has 1 aromatic heterocycles. The first-order valence-electron chi connectivity index (χ1n) is 23.0. The van der Waals surface area contributed by atoms with Gasteiger partial charge in [0, 0.05) is 21.8 Å². The molecular formula is C64H51N. The fourth-order valence-electron chi connectivity index (χ4n) is 10.4. The molecule has 0 atom stereocenters. The van der Waals surface area contributed by atoms with Gasteiger partial charge in [0.15, 0.2) is 0 Å². The first-order valence-corrected chi connectivity index (χ1v) is 23.0. The zero-order chi connectivity index (χ0) is 44.1. The summed E-state index contributed by atoms with van der Waals surface area (Å²) in [6.45, 7) is 9.13. The van der Waals surface area contributed by atoms with Gasteiger partial charge in [0.1, 0.15) is 0 Å². The predicted octanol–water partition coefficient (Wildman–Crippen LogP) is 17.9. The van der Waals surface area contributed by atoms with Crippen molar-refractivity contribution >= 4 is 48.9 Å². The number of hydrogen-bond acceptors (Lipinski definition) is 0. The van der Waals surface area contributed by atoms with E-state index in [9.17, 15) is 0 Å². The van der Waals surface area contributed by atoms with Gasteiger partial charge in [0.25, 0.3) is 0 Å². The van der Waals surface area contributed by atoms with E-state index in [1.54, 1.807) is 0 Å². The van der Waals surface area contributed by atoms with Gasteiger partial charge in [-0.15, -0.1) is 0 Å². The highest BCUT2D eigenvalue weighted by molar-refractivity contribution is 6.20. The van der Waals surface area contributed by atoms with Crippen LogP contribution in [0.15, 0.2) is 224 Å². The van der Waals surface area contributed by atoms with Gasteiger partial charge in [-0.3, -0.25) is 0 Å². The summed E-state index contributed by atoms with van der Waals surface area (Å²) >= 11 is 0. The second-order valence-corrected chi connectivity index (χ2v) is 18.0. The summed E-state index contributed by atoms with van der Waals surface area (Å²) in [6, 6.07) is 77.0. The molecule has 1 nitrogen and oxygen atoms in total. The Morgan fingerprint density at radius 1 is 0.446 bits per heavy atom. The topological polar surface area (TPSA) is 4.93 Å². The standard InChI is InChI=1S/C64H51N/c1-5-6-8-20-43(2)45-23-17-25-47(39-45)49-35-37-60-56(41-49)53-29-13-11-27-51(53)52-28-12-14-30-54(52)57-42-50(48-26-18-24-46(40-48)44-21-9-7-10-22-44)36-38-61(57)65(60)62-34-19-33-59-63(62)55-31-15-16-32-58(55)64(59,3)4/h6-42H,5H2,1-4H3/b8-6-,43-20+.